The minimum Gasteiger partial charge on any atom is -0.454 e. The number of pyridine rings is 1. The van der Waals surface area contributed by atoms with E-state index in [1.165, 1.54) is 0 Å². The SMILES string of the molecule is CC(C)(O)c1cc(Nc2cc(Oc3cn(C4CC4)nc3C3CCOCC3)ccn2)ccc1C#N. The van der Waals surface area contributed by atoms with Gasteiger partial charge in [0.05, 0.1) is 29.5 Å². The first-order chi connectivity index (χ1) is 16.4. The van der Waals surface area contributed by atoms with Crippen LogP contribution in [-0.4, -0.2) is 33.1 Å². The zero-order valence-electron chi connectivity index (χ0n) is 19.5. The molecule has 1 aliphatic heterocycles. The van der Waals surface area contributed by atoms with Crippen molar-refractivity contribution in [2.24, 2.45) is 0 Å². The summed E-state index contributed by atoms with van der Waals surface area (Å²) in [4.78, 5) is 4.41. The largest absolute Gasteiger partial charge is 0.454 e. The molecule has 0 atom stereocenters. The van der Waals surface area contributed by atoms with Crippen LogP contribution in [0.25, 0.3) is 0 Å². The number of nitrogens with one attached hydrogen (secondary N) is 1. The Labute approximate surface area is 199 Å². The zero-order chi connectivity index (χ0) is 23.7. The van der Waals surface area contributed by atoms with E-state index in [1.807, 2.05) is 18.3 Å². The van der Waals surface area contributed by atoms with Crippen LogP contribution in [0.3, 0.4) is 0 Å². The van der Waals surface area contributed by atoms with Gasteiger partial charge in [0, 0.05) is 42.6 Å². The monoisotopic (exact) mass is 459 g/mol. The fourth-order valence-electron chi connectivity index (χ4n) is 4.29. The number of nitriles is 1. The van der Waals surface area contributed by atoms with Gasteiger partial charge in [-0.15, -0.1) is 0 Å². The predicted molar refractivity (Wildman–Crippen MR) is 127 cm³/mol. The average Bonchev–Trinajstić information content (AvgIpc) is 3.60. The first-order valence-electron chi connectivity index (χ1n) is 11.8. The number of hydrogen-bond acceptors (Lipinski definition) is 7. The molecule has 2 N–H and O–H groups in total. The van der Waals surface area contributed by atoms with E-state index in [4.69, 9.17) is 14.6 Å². The van der Waals surface area contributed by atoms with Crippen molar-refractivity contribution in [3.63, 3.8) is 0 Å². The Bertz CT molecular complexity index is 1210. The van der Waals surface area contributed by atoms with Gasteiger partial charge in [-0.2, -0.15) is 10.4 Å². The Morgan fingerprint density at radius 1 is 1.18 bits per heavy atom. The summed E-state index contributed by atoms with van der Waals surface area (Å²) >= 11 is 0. The second-order valence-electron chi connectivity index (χ2n) is 9.51. The summed E-state index contributed by atoms with van der Waals surface area (Å²) in [5.41, 5.74) is 1.59. The summed E-state index contributed by atoms with van der Waals surface area (Å²) in [6, 6.07) is 11.5. The van der Waals surface area contributed by atoms with E-state index in [0.29, 0.717) is 34.7 Å². The molecular formula is C26H29N5O3. The van der Waals surface area contributed by atoms with Crippen molar-refractivity contribution in [1.82, 2.24) is 14.8 Å². The minimum absolute atomic E-state index is 0.335. The van der Waals surface area contributed by atoms with Gasteiger partial charge >= 0.3 is 0 Å². The first-order valence-corrected chi connectivity index (χ1v) is 11.8. The van der Waals surface area contributed by atoms with E-state index in [0.717, 1.165) is 56.0 Å². The molecule has 8 heteroatoms. The van der Waals surface area contributed by atoms with Crippen LogP contribution in [-0.2, 0) is 10.3 Å². The van der Waals surface area contributed by atoms with Crippen molar-refractivity contribution < 1.29 is 14.6 Å². The number of benzene rings is 1. The smallest absolute Gasteiger partial charge is 0.168 e. The lowest BCUT2D eigenvalue weighted by Crippen LogP contribution is -2.17. The van der Waals surface area contributed by atoms with E-state index in [-0.39, 0.29) is 0 Å². The third-order valence-corrected chi connectivity index (χ3v) is 6.28. The molecule has 1 aliphatic carbocycles. The molecule has 34 heavy (non-hydrogen) atoms. The van der Waals surface area contributed by atoms with Crippen LogP contribution in [0.5, 0.6) is 11.5 Å². The molecule has 0 amide bonds. The van der Waals surface area contributed by atoms with Crippen LogP contribution in [0.1, 0.15) is 68.3 Å². The van der Waals surface area contributed by atoms with Crippen LogP contribution in [0.2, 0.25) is 0 Å². The quantitative estimate of drug-likeness (QED) is 0.504. The van der Waals surface area contributed by atoms with Crippen molar-refractivity contribution >= 4 is 11.5 Å². The first kappa shape index (κ1) is 22.4. The molecule has 1 saturated carbocycles. The van der Waals surface area contributed by atoms with Crippen LogP contribution < -0.4 is 10.1 Å². The number of anilines is 2. The second-order valence-corrected chi connectivity index (χ2v) is 9.51. The van der Waals surface area contributed by atoms with Crippen molar-refractivity contribution in [2.45, 2.75) is 57.1 Å². The van der Waals surface area contributed by atoms with Gasteiger partial charge < -0.3 is 19.9 Å². The standard InChI is InChI=1S/C26H29N5O3/c1-26(2,32)22-13-19(4-3-18(22)15-27)29-24-14-21(7-10-28-24)34-23-16-31(20-5-6-20)30-25(23)17-8-11-33-12-9-17/h3-4,7,10,13-14,16-17,20,32H,5-6,8-9,11-12H2,1-2H3,(H,28,29). The lowest BCUT2D eigenvalue weighted by atomic mass is 9.93. The molecule has 1 aromatic carbocycles. The summed E-state index contributed by atoms with van der Waals surface area (Å²) in [5, 5.41) is 28.0. The highest BCUT2D eigenvalue weighted by Gasteiger charge is 2.30. The highest BCUT2D eigenvalue weighted by molar-refractivity contribution is 5.61. The Morgan fingerprint density at radius 3 is 2.68 bits per heavy atom. The van der Waals surface area contributed by atoms with E-state index in [1.54, 1.807) is 38.2 Å². The predicted octanol–water partition coefficient (Wildman–Crippen LogP) is 5.14. The average molecular weight is 460 g/mol. The fourth-order valence-corrected chi connectivity index (χ4v) is 4.29. The molecule has 2 aromatic heterocycles. The topological polar surface area (TPSA) is 105 Å². The van der Waals surface area contributed by atoms with Crippen molar-refractivity contribution in [3.05, 3.63) is 59.5 Å². The Balaban J connectivity index is 1.38. The third-order valence-electron chi connectivity index (χ3n) is 6.28. The molecule has 0 unspecified atom stereocenters. The fraction of sp³-hybridized carbons (Fsp3) is 0.423. The van der Waals surface area contributed by atoms with E-state index >= 15 is 0 Å². The maximum atomic E-state index is 10.4. The third kappa shape index (κ3) is 4.91. The lowest BCUT2D eigenvalue weighted by Gasteiger charge is -2.21. The number of ether oxygens (including phenoxy) is 2. The van der Waals surface area contributed by atoms with Gasteiger partial charge in [0.1, 0.15) is 17.3 Å². The molecule has 0 bridgehead atoms. The number of aliphatic hydroxyl groups is 1. The minimum atomic E-state index is -1.14. The van der Waals surface area contributed by atoms with Crippen LogP contribution >= 0.6 is 0 Å². The molecule has 3 aromatic rings. The van der Waals surface area contributed by atoms with Gasteiger partial charge in [-0.25, -0.2) is 4.98 Å². The highest BCUT2D eigenvalue weighted by atomic mass is 16.5. The number of aromatic nitrogens is 3. The molecule has 2 aliphatic rings. The van der Waals surface area contributed by atoms with Crippen molar-refractivity contribution in [3.8, 4) is 17.6 Å². The Hall–Kier alpha value is -3.41. The molecule has 8 nitrogen and oxygen atoms in total. The summed E-state index contributed by atoms with van der Waals surface area (Å²) in [6.07, 6.45) is 7.93. The van der Waals surface area contributed by atoms with Crippen LogP contribution in [0, 0.1) is 11.3 Å². The van der Waals surface area contributed by atoms with Crippen molar-refractivity contribution in [2.75, 3.05) is 18.5 Å². The second kappa shape index (κ2) is 9.09. The number of nitrogens with zero attached hydrogens (tertiary/aromatic N) is 4. The molecule has 0 radical (unpaired) electrons. The maximum Gasteiger partial charge on any atom is 0.168 e. The maximum absolute atomic E-state index is 10.4. The van der Waals surface area contributed by atoms with Gasteiger partial charge in [0.15, 0.2) is 5.75 Å². The Morgan fingerprint density at radius 2 is 1.97 bits per heavy atom. The molecule has 3 heterocycles. The summed E-state index contributed by atoms with van der Waals surface area (Å²) in [5.74, 6) is 2.39. The van der Waals surface area contributed by atoms with Crippen LogP contribution in [0.15, 0.2) is 42.7 Å². The van der Waals surface area contributed by atoms with Gasteiger partial charge in [-0.3, -0.25) is 4.68 Å². The summed E-state index contributed by atoms with van der Waals surface area (Å²) in [7, 11) is 0. The molecule has 176 valence electrons. The lowest BCUT2D eigenvalue weighted by molar-refractivity contribution is 0.0783. The van der Waals surface area contributed by atoms with Crippen LogP contribution in [0.4, 0.5) is 11.5 Å². The van der Waals surface area contributed by atoms with E-state index in [9.17, 15) is 10.4 Å². The Kier molecular flexibility index (Phi) is 5.98. The van der Waals surface area contributed by atoms with E-state index in [2.05, 4.69) is 21.1 Å². The molecule has 0 spiro atoms. The highest BCUT2D eigenvalue weighted by Crippen LogP contribution is 2.40. The van der Waals surface area contributed by atoms with Gasteiger partial charge in [0.25, 0.3) is 0 Å². The summed E-state index contributed by atoms with van der Waals surface area (Å²) < 4.78 is 13.9. The molecule has 5 rings (SSSR count). The summed E-state index contributed by atoms with van der Waals surface area (Å²) in [6.45, 7) is 4.83. The normalized spacial score (nSPS) is 16.8. The van der Waals surface area contributed by atoms with Crippen molar-refractivity contribution in [1.29, 1.82) is 5.26 Å². The zero-order valence-corrected chi connectivity index (χ0v) is 19.5. The van der Waals surface area contributed by atoms with Gasteiger partial charge in [0.2, 0.25) is 0 Å². The number of hydrogen-bond donors (Lipinski definition) is 2. The van der Waals surface area contributed by atoms with Gasteiger partial charge in [-0.1, -0.05) is 0 Å². The molecule has 2 fully saturated rings. The van der Waals surface area contributed by atoms with E-state index < -0.39 is 5.60 Å². The molecule has 1 saturated heterocycles. The molecular weight excluding hydrogens is 430 g/mol. The number of rotatable bonds is 7. The van der Waals surface area contributed by atoms with Gasteiger partial charge in [-0.05, 0) is 63.8 Å².